The van der Waals surface area contributed by atoms with E-state index in [1.54, 1.807) is 17.0 Å². The van der Waals surface area contributed by atoms with Crippen molar-refractivity contribution in [2.45, 2.75) is 18.9 Å². The first kappa shape index (κ1) is 15.2. The van der Waals surface area contributed by atoms with Crippen molar-refractivity contribution >= 4 is 17.5 Å². The zero-order chi connectivity index (χ0) is 16.2. The number of benzene rings is 2. The number of hydrogen-bond donors (Lipinski definition) is 1. The van der Waals surface area contributed by atoms with Crippen LogP contribution in [0.3, 0.4) is 0 Å². The summed E-state index contributed by atoms with van der Waals surface area (Å²) in [4.78, 5) is 26.6. The number of anilines is 1. The molecule has 1 aliphatic rings. The van der Waals surface area contributed by atoms with Crippen LogP contribution in [-0.4, -0.2) is 29.3 Å². The number of para-hydroxylation sites is 1. The predicted octanol–water partition coefficient (Wildman–Crippen LogP) is 3.07. The van der Waals surface area contributed by atoms with Gasteiger partial charge < -0.3 is 10.2 Å². The van der Waals surface area contributed by atoms with Crippen LogP contribution in [0.25, 0.3) is 0 Å². The standard InChI is InChI=1S/C18H17FN2O2/c19-14-10-8-13(9-11-14)18(23)21-12-4-7-16(21)17(22)20-15-5-2-1-3-6-15/h1-3,5-6,8-11,16H,4,7,12H2,(H,20,22)/t16-/m0/s1. The maximum Gasteiger partial charge on any atom is 0.254 e. The van der Waals surface area contributed by atoms with Crippen molar-refractivity contribution in [1.29, 1.82) is 0 Å². The Morgan fingerprint density at radius 2 is 1.74 bits per heavy atom. The molecule has 0 aliphatic carbocycles. The van der Waals surface area contributed by atoms with Crippen molar-refractivity contribution in [3.05, 3.63) is 66.0 Å². The minimum atomic E-state index is -0.493. The van der Waals surface area contributed by atoms with E-state index in [0.29, 0.717) is 24.2 Å². The quantitative estimate of drug-likeness (QED) is 0.947. The van der Waals surface area contributed by atoms with Crippen molar-refractivity contribution in [2.24, 2.45) is 0 Å². The fraction of sp³-hybridized carbons (Fsp3) is 0.222. The molecule has 0 bridgehead atoms. The molecule has 2 amide bonds. The van der Waals surface area contributed by atoms with E-state index in [-0.39, 0.29) is 17.6 Å². The Balaban J connectivity index is 1.73. The van der Waals surface area contributed by atoms with Gasteiger partial charge in [-0.05, 0) is 49.2 Å². The maximum atomic E-state index is 13.0. The summed E-state index contributed by atoms with van der Waals surface area (Å²) in [5.74, 6) is -0.818. The van der Waals surface area contributed by atoms with Gasteiger partial charge in [0, 0.05) is 17.8 Å². The molecule has 1 N–H and O–H groups in total. The molecule has 5 heteroatoms. The first-order chi connectivity index (χ1) is 11.1. The van der Waals surface area contributed by atoms with Gasteiger partial charge in [-0.3, -0.25) is 9.59 Å². The number of rotatable bonds is 3. The van der Waals surface area contributed by atoms with Crippen molar-refractivity contribution in [3.63, 3.8) is 0 Å². The van der Waals surface area contributed by atoms with Gasteiger partial charge in [-0.2, -0.15) is 0 Å². The van der Waals surface area contributed by atoms with E-state index >= 15 is 0 Å². The van der Waals surface area contributed by atoms with Crippen LogP contribution >= 0.6 is 0 Å². The number of carbonyl (C=O) groups is 2. The van der Waals surface area contributed by atoms with Gasteiger partial charge in [0.1, 0.15) is 11.9 Å². The summed E-state index contributed by atoms with van der Waals surface area (Å²) in [5.41, 5.74) is 1.10. The molecule has 1 atom stereocenters. The molecule has 1 heterocycles. The van der Waals surface area contributed by atoms with Gasteiger partial charge in [0.25, 0.3) is 5.91 Å². The first-order valence-corrected chi connectivity index (χ1v) is 7.57. The first-order valence-electron chi connectivity index (χ1n) is 7.57. The second-order valence-corrected chi connectivity index (χ2v) is 5.52. The molecule has 0 radical (unpaired) electrons. The van der Waals surface area contributed by atoms with Gasteiger partial charge in [0.05, 0.1) is 0 Å². The molecular formula is C18H17FN2O2. The molecule has 0 unspecified atom stereocenters. The minimum absolute atomic E-state index is 0.191. The lowest BCUT2D eigenvalue weighted by atomic mass is 10.1. The fourth-order valence-electron chi connectivity index (χ4n) is 2.79. The van der Waals surface area contributed by atoms with Gasteiger partial charge in [-0.1, -0.05) is 18.2 Å². The number of nitrogens with one attached hydrogen (secondary N) is 1. The molecule has 0 aromatic heterocycles. The molecule has 1 aliphatic heterocycles. The van der Waals surface area contributed by atoms with Crippen molar-refractivity contribution in [1.82, 2.24) is 4.90 Å². The number of hydrogen-bond acceptors (Lipinski definition) is 2. The minimum Gasteiger partial charge on any atom is -0.327 e. The zero-order valence-corrected chi connectivity index (χ0v) is 12.5. The lowest BCUT2D eigenvalue weighted by Crippen LogP contribution is -2.43. The van der Waals surface area contributed by atoms with E-state index in [0.717, 1.165) is 6.42 Å². The van der Waals surface area contributed by atoms with Gasteiger partial charge in [0.15, 0.2) is 0 Å². The Hall–Kier alpha value is -2.69. The highest BCUT2D eigenvalue weighted by Crippen LogP contribution is 2.22. The van der Waals surface area contributed by atoms with Crippen molar-refractivity contribution in [2.75, 3.05) is 11.9 Å². The maximum absolute atomic E-state index is 13.0. The average Bonchev–Trinajstić information content (AvgIpc) is 3.05. The van der Waals surface area contributed by atoms with Gasteiger partial charge in [-0.15, -0.1) is 0 Å². The zero-order valence-electron chi connectivity index (χ0n) is 12.5. The van der Waals surface area contributed by atoms with Crippen LogP contribution in [-0.2, 0) is 4.79 Å². The van der Waals surface area contributed by atoms with Crippen LogP contribution < -0.4 is 5.32 Å². The summed E-state index contributed by atoms with van der Waals surface area (Å²) < 4.78 is 13.0. The summed E-state index contributed by atoms with van der Waals surface area (Å²) in [5, 5.41) is 2.84. The molecule has 1 saturated heterocycles. The van der Waals surface area contributed by atoms with E-state index in [9.17, 15) is 14.0 Å². The smallest absolute Gasteiger partial charge is 0.254 e. The average molecular weight is 312 g/mol. The lowest BCUT2D eigenvalue weighted by Gasteiger charge is -2.24. The SMILES string of the molecule is O=C(Nc1ccccc1)[C@@H]1CCCN1C(=O)c1ccc(F)cc1. The summed E-state index contributed by atoms with van der Waals surface area (Å²) in [6, 6.07) is 14.1. The largest absolute Gasteiger partial charge is 0.327 e. The Morgan fingerprint density at radius 3 is 2.43 bits per heavy atom. The molecule has 4 nitrogen and oxygen atoms in total. The van der Waals surface area contributed by atoms with Crippen LogP contribution in [0, 0.1) is 5.82 Å². The van der Waals surface area contributed by atoms with Gasteiger partial charge in [0.2, 0.25) is 5.91 Å². The third-order valence-electron chi connectivity index (χ3n) is 3.95. The second kappa shape index (κ2) is 6.60. The van der Waals surface area contributed by atoms with Crippen LogP contribution in [0.1, 0.15) is 23.2 Å². The molecular weight excluding hydrogens is 295 g/mol. The summed E-state index contributed by atoms with van der Waals surface area (Å²) >= 11 is 0. The fourth-order valence-corrected chi connectivity index (χ4v) is 2.79. The number of carbonyl (C=O) groups excluding carboxylic acids is 2. The van der Waals surface area contributed by atoms with E-state index in [1.165, 1.54) is 24.3 Å². The monoisotopic (exact) mass is 312 g/mol. The molecule has 2 aromatic rings. The molecule has 23 heavy (non-hydrogen) atoms. The number of amides is 2. The van der Waals surface area contributed by atoms with Crippen molar-refractivity contribution < 1.29 is 14.0 Å². The second-order valence-electron chi connectivity index (χ2n) is 5.52. The normalized spacial score (nSPS) is 17.1. The molecule has 2 aromatic carbocycles. The molecule has 118 valence electrons. The summed E-state index contributed by atoms with van der Waals surface area (Å²) in [6.07, 6.45) is 1.41. The van der Waals surface area contributed by atoms with E-state index in [4.69, 9.17) is 0 Å². The summed E-state index contributed by atoms with van der Waals surface area (Å²) in [7, 11) is 0. The molecule has 0 saturated carbocycles. The van der Waals surface area contributed by atoms with E-state index in [1.807, 2.05) is 18.2 Å². The molecule has 0 spiro atoms. The van der Waals surface area contributed by atoms with Crippen LogP contribution in [0.5, 0.6) is 0 Å². The van der Waals surface area contributed by atoms with E-state index < -0.39 is 6.04 Å². The Bertz CT molecular complexity index is 701. The third kappa shape index (κ3) is 3.39. The van der Waals surface area contributed by atoms with Crippen LogP contribution in [0.4, 0.5) is 10.1 Å². The van der Waals surface area contributed by atoms with Gasteiger partial charge >= 0.3 is 0 Å². The van der Waals surface area contributed by atoms with E-state index in [2.05, 4.69) is 5.32 Å². The number of halogens is 1. The van der Waals surface area contributed by atoms with Crippen LogP contribution in [0.2, 0.25) is 0 Å². The number of likely N-dealkylation sites (tertiary alicyclic amines) is 1. The third-order valence-corrected chi connectivity index (χ3v) is 3.95. The topological polar surface area (TPSA) is 49.4 Å². The highest BCUT2D eigenvalue weighted by Gasteiger charge is 2.34. The van der Waals surface area contributed by atoms with Crippen molar-refractivity contribution in [3.8, 4) is 0 Å². The van der Waals surface area contributed by atoms with Gasteiger partial charge in [-0.25, -0.2) is 4.39 Å². The summed E-state index contributed by atoms with van der Waals surface area (Å²) in [6.45, 7) is 0.531. The Labute approximate surface area is 133 Å². The van der Waals surface area contributed by atoms with Crippen LogP contribution in [0.15, 0.2) is 54.6 Å². The highest BCUT2D eigenvalue weighted by molar-refractivity contribution is 6.01. The number of nitrogens with zero attached hydrogens (tertiary/aromatic N) is 1. The predicted molar refractivity (Wildman–Crippen MR) is 85.5 cm³/mol. The molecule has 3 rings (SSSR count). The Kier molecular flexibility index (Phi) is 4.37. The highest BCUT2D eigenvalue weighted by atomic mass is 19.1. The molecule has 1 fully saturated rings. The lowest BCUT2D eigenvalue weighted by molar-refractivity contribution is -0.119. The Morgan fingerprint density at radius 1 is 1.04 bits per heavy atom.